The Morgan fingerprint density at radius 1 is 0.882 bits per heavy atom. The molecule has 0 bridgehead atoms. The van der Waals surface area contributed by atoms with Gasteiger partial charge in [0.05, 0.1) is 11.3 Å². The summed E-state index contributed by atoms with van der Waals surface area (Å²) in [5.41, 5.74) is 1.66. The fraction of sp³-hybridized carbons (Fsp3) is 0.231. The van der Waals surface area contributed by atoms with Crippen LogP contribution in [0, 0.1) is 0 Å². The van der Waals surface area contributed by atoms with Crippen LogP contribution >= 0.6 is 11.6 Å². The molecule has 1 N–H and O–H groups in total. The molecule has 1 amide bonds. The van der Waals surface area contributed by atoms with Crippen LogP contribution in [-0.4, -0.2) is 44.1 Å². The second-order valence-electron chi connectivity index (χ2n) is 8.11. The first-order valence-electron chi connectivity index (χ1n) is 10.9. The number of benzene rings is 3. The molecule has 0 fully saturated rings. The largest absolute Gasteiger partial charge is 0.335 e. The van der Waals surface area contributed by atoms with E-state index in [1.807, 2.05) is 19.9 Å². The zero-order valence-electron chi connectivity index (χ0n) is 19.1. The lowest BCUT2D eigenvalue weighted by atomic mass is 9.97. The number of nitrogens with zero attached hydrogens (tertiary/aromatic N) is 1. The maximum atomic E-state index is 13.4. The predicted molar refractivity (Wildman–Crippen MR) is 135 cm³/mol. The molecule has 3 rings (SSSR count). The summed E-state index contributed by atoms with van der Waals surface area (Å²) in [7, 11) is -3.56. The third-order valence-electron chi connectivity index (χ3n) is 5.27. The molecule has 0 saturated carbocycles. The van der Waals surface area contributed by atoms with E-state index >= 15 is 0 Å². The van der Waals surface area contributed by atoms with Gasteiger partial charge in [-0.25, -0.2) is 13.1 Å². The average Bonchev–Trinajstić information content (AvgIpc) is 2.81. The molecule has 34 heavy (non-hydrogen) atoms. The number of carbonyl (C=O) groups is 2. The lowest BCUT2D eigenvalue weighted by Crippen LogP contribution is -2.43. The number of hydrogen-bond acceptors (Lipinski definition) is 4. The maximum absolute atomic E-state index is 13.4. The first-order valence-corrected chi connectivity index (χ1v) is 12.9. The summed E-state index contributed by atoms with van der Waals surface area (Å²) in [6.07, 6.45) is 0. The first-order chi connectivity index (χ1) is 16.2. The van der Waals surface area contributed by atoms with Gasteiger partial charge in [0, 0.05) is 35.3 Å². The third kappa shape index (κ3) is 6.76. The van der Waals surface area contributed by atoms with Gasteiger partial charge in [-0.1, -0.05) is 60.1 Å². The zero-order chi connectivity index (χ0) is 24.7. The molecular formula is C26H27ClN2O4S. The second-order valence-corrected chi connectivity index (χ2v) is 10.4. The number of nitrogens with one attached hydrogen (secondary N) is 1. The molecule has 0 saturated heterocycles. The average molecular weight is 499 g/mol. The lowest BCUT2D eigenvalue weighted by Gasteiger charge is -2.27. The number of hydrogen-bond donors (Lipinski definition) is 1. The highest BCUT2D eigenvalue weighted by atomic mass is 35.5. The molecule has 0 radical (unpaired) electrons. The van der Waals surface area contributed by atoms with Crippen LogP contribution in [0.1, 0.15) is 45.7 Å². The van der Waals surface area contributed by atoms with E-state index in [0.717, 1.165) is 0 Å². The summed E-state index contributed by atoms with van der Waals surface area (Å²) in [5, 5.41) is 0.515. The molecule has 0 heterocycles. The van der Waals surface area contributed by atoms with Crippen LogP contribution in [0.25, 0.3) is 0 Å². The Morgan fingerprint density at radius 2 is 1.47 bits per heavy atom. The number of halogens is 1. The number of carbonyl (C=O) groups excluding carboxylic acids is 2. The van der Waals surface area contributed by atoms with Gasteiger partial charge in [-0.3, -0.25) is 9.59 Å². The van der Waals surface area contributed by atoms with Crippen LogP contribution < -0.4 is 4.72 Å². The highest BCUT2D eigenvalue weighted by molar-refractivity contribution is 7.88. The standard InChI is InChI=1S/C26H27ClN2O4S/c1-19(2)29(17-16-28-34(32,33)18-20-8-4-3-5-9-20)26(31)24-11-7-6-10-23(24)25(30)21-12-14-22(27)15-13-21/h3-15,19,28H,16-18H2,1-2H3. The number of rotatable bonds is 10. The van der Waals surface area contributed by atoms with Gasteiger partial charge < -0.3 is 4.90 Å². The highest BCUT2D eigenvalue weighted by Crippen LogP contribution is 2.19. The highest BCUT2D eigenvalue weighted by Gasteiger charge is 2.24. The Morgan fingerprint density at radius 3 is 2.09 bits per heavy atom. The summed E-state index contributed by atoms with van der Waals surface area (Å²) < 4.78 is 27.5. The molecule has 6 nitrogen and oxygen atoms in total. The Hall–Kier alpha value is -3.00. The van der Waals surface area contributed by atoms with E-state index < -0.39 is 10.0 Å². The SMILES string of the molecule is CC(C)N(CCNS(=O)(=O)Cc1ccccc1)C(=O)c1ccccc1C(=O)c1ccc(Cl)cc1. The van der Waals surface area contributed by atoms with Crippen molar-refractivity contribution in [3.05, 3.63) is 106 Å². The van der Waals surface area contributed by atoms with Crippen molar-refractivity contribution in [3.63, 3.8) is 0 Å². The van der Waals surface area contributed by atoms with Crippen molar-refractivity contribution < 1.29 is 18.0 Å². The summed E-state index contributed by atoms with van der Waals surface area (Å²) >= 11 is 5.93. The predicted octanol–water partition coefficient (Wildman–Crippen LogP) is 4.54. The minimum atomic E-state index is -3.56. The number of amides is 1. The van der Waals surface area contributed by atoms with Gasteiger partial charge in [0.25, 0.3) is 5.91 Å². The Labute approximate surface area is 205 Å². The van der Waals surface area contributed by atoms with Gasteiger partial charge >= 0.3 is 0 Å². The number of sulfonamides is 1. The van der Waals surface area contributed by atoms with E-state index in [0.29, 0.717) is 16.1 Å². The van der Waals surface area contributed by atoms with Crippen LogP contribution in [-0.2, 0) is 15.8 Å². The zero-order valence-corrected chi connectivity index (χ0v) is 20.6. The summed E-state index contributed by atoms with van der Waals surface area (Å²) in [4.78, 5) is 28.1. The monoisotopic (exact) mass is 498 g/mol. The second kappa shape index (κ2) is 11.4. The molecule has 8 heteroatoms. The Bertz CT molecular complexity index is 1240. The molecule has 3 aromatic rings. The van der Waals surface area contributed by atoms with E-state index in [1.165, 1.54) is 0 Å². The van der Waals surface area contributed by atoms with Gasteiger partial charge in [-0.15, -0.1) is 0 Å². The van der Waals surface area contributed by atoms with Gasteiger partial charge in [-0.05, 0) is 49.7 Å². The van der Waals surface area contributed by atoms with E-state index in [-0.39, 0.29) is 47.7 Å². The van der Waals surface area contributed by atoms with Crippen LogP contribution in [0.15, 0.2) is 78.9 Å². The Kier molecular flexibility index (Phi) is 8.61. The molecule has 3 aromatic carbocycles. The van der Waals surface area contributed by atoms with Gasteiger partial charge in [0.1, 0.15) is 0 Å². The van der Waals surface area contributed by atoms with Crippen molar-refractivity contribution in [2.45, 2.75) is 25.6 Å². The van der Waals surface area contributed by atoms with Gasteiger partial charge in [0.2, 0.25) is 10.0 Å². The molecule has 0 spiro atoms. The summed E-state index contributed by atoms with van der Waals surface area (Å²) in [6, 6.07) is 21.8. The molecule has 0 aromatic heterocycles. The summed E-state index contributed by atoms with van der Waals surface area (Å²) in [5.74, 6) is -0.759. The normalized spacial score (nSPS) is 11.4. The van der Waals surface area contributed by atoms with Crippen molar-refractivity contribution in [3.8, 4) is 0 Å². The molecular weight excluding hydrogens is 472 g/mol. The van der Waals surface area contributed by atoms with Crippen molar-refractivity contribution >= 4 is 33.3 Å². The van der Waals surface area contributed by atoms with Crippen molar-refractivity contribution in [1.82, 2.24) is 9.62 Å². The molecule has 0 atom stereocenters. The van der Waals surface area contributed by atoms with Crippen LogP contribution in [0.4, 0.5) is 0 Å². The van der Waals surface area contributed by atoms with Crippen LogP contribution in [0.2, 0.25) is 5.02 Å². The van der Waals surface area contributed by atoms with E-state index in [9.17, 15) is 18.0 Å². The van der Waals surface area contributed by atoms with Crippen molar-refractivity contribution in [1.29, 1.82) is 0 Å². The molecule has 0 aliphatic heterocycles. The molecule has 0 aliphatic rings. The minimum Gasteiger partial charge on any atom is -0.335 e. The lowest BCUT2D eigenvalue weighted by molar-refractivity contribution is 0.0706. The molecule has 178 valence electrons. The number of ketones is 1. The first kappa shape index (κ1) is 25.6. The fourth-order valence-corrected chi connectivity index (χ4v) is 4.80. The summed E-state index contributed by atoms with van der Waals surface area (Å²) in [6.45, 7) is 3.92. The molecule has 0 aliphatic carbocycles. The third-order valence-corrected chi connectivity index (χ3v) is 6.88. The van der Waals surface area contributed by atoms with Crippen LogP contribution in [0.5, 0.6) is 0 Å². The van der Waals surface area contributed by atoms with E-state index in [1.54, 1.807) is 77.7 Å². The van der Waals surface area contributed by atoms with Crippen molar-refractivity contribution in [2.24, 2.45) is 0 Å². The van der Waals surface area contributed by atoms with Gasteiger partial charge in [-0.2, -0.15) is 0 Å². The fourth-order valence-electron chi connectivity index (χ4n) is 3.54. The molecule has 0 unspecified atom stereocenters. The smallest absolute Gasteiger partial charge is 0.254 e. The van der Waals surface area contributed by atoms with Crippen molar-refractivity contribution in [2.75, 3.05) is 13.1 Å². The minimum absolute atomic E-state index is 0.0619. The van der Waals surface area contributed by atoms with E-state index in [2.05, 4.69) is 4.72 Å². The topological polar surface area (TPSA) is 83.6 Å². The Balaban J connectivity index is 1.74. The van der Waals surface area contributed by atoms with Crippen LogP contribution in [0.3, 0.4) is 0 Å². The van der Waals surface area contributed by atoms with E-state index in [4.69, 9.17) is 11.6 Å². The quantitative estimate of drug-likeness (QED) is 0.416. The van der Waals surface area contributed by atoms with Gasteiger partial charge in [0.15, 0.2) is 5.78 Å². The maximum Gasteiger partial charge on any atom is 0.254 e.